The molecule has 10 heteroatoms. The number of benzene rings is 2. The third-order valence-corrected chi connectivity index (χ3v) is 5.52. The van der Waals surface area contributed by atoms with Crippen LogP contribution in [0, 0.1) is 11.6 Å². The van der Waals surface area contributed by atoms with Crippen LogP contribution >= 0.6 is 27.3 Å². The first-order valence-electron chi connectivity index (χ1n) is 8.29. The number of hydrogen-bond donors (Lipinski definition) is 1. The van der Waals surface area contributed by atoms with Crippen LogP contribution in [0.5, 0.6) is 0 Å². The summed E-state index contributed by atoms with van der Waals surface area (Å²) >= 11 is 3.89. The number of hydrogen-bond acceptors (Lipinski definition) is 4. The van der Waals surface area contributed by atoms with E-state index in [1.165, 1.54) is 18.2 Å². The summed E-state index contributed by atoms with van der Waals surface area (Å²) in [5, 5.41) is 2.59. The molecular weight excluding hydrogens is 491 g/mol. The molecule has 30 heavy (non-hydrogen) atoms. The molecule has 0 amide bonds. The second kappa shape index (κ2) is 8.65. The molecule has 2 aromatic carbocycles. The van der Waals surface area contributed by atoms with Crippen molar-refractivity contribution in [3.8, 4) is 10.4 Å². The van der Waals surface area contributed by atoms with Crippen LogP contribution < -0.4 is 5.32 Å². The number of nitrogens with zero attached hydrogens (tertiary/aromatic N) is 1. The van der Waals surface area contributed by atoms with Crippen LogP contribution in [0.25, 0.3) is 16.1 Å². The van der Waals surface area contributed by atoms with E-state index in [1.54, 1.807) is 0 Å². The van der Waals surface area contributed by atoms with Crippen LogP contribution in [0.2, 0.25) is 0 Å². The van der Waals surface area contributed by atoms with Gasteiger partial charge in [0.25, 0.3) is 0 Å². The van der Waals surface area contributed by atoms with Crippen molar-refractivity contribution >= 4 is 43.9 Å². The lowest BCUT2D eigenvalue weighted by atomic mass is 10.1. The Balaban J connectivity index is 2.02. The number of anilines is 1. The van der Waals surface area contributed by atoms with Crippen molar-refractivity contribution in [1.29, 1.82) is 0 Å². The number of halogens is 6. The lowest BCUT2D eigenvalue weighted by molar-refractivity contribution is -0.137. The Kier molecular flexibility index (Phi) is 6.37. The van der Waals surface area contributed by atoms with E-state index < -0.39 is 34.7 Å². The molecule has 156 valence electrons. The zero-order valence-electron chi connectivity index (χ0n) is 15.0. The molecule has 1 heterocycles. The minimum atomic E-state index is -4.56. The van der Waals surface area contributed by atoms with Gasteiger partial charge in [-0.05, 0) is 29.8 Å². The fraction of sp³-hybridized carbons (Fsp3) is 0.100. The zero-order valence-corrected chi connectivity index (χ0v) is 17.4. The summed E-state index contributed by atoms with van der Waals surface area (Å²) in [4.78, 5) is 16.6. The van der Waals surface area contributed by atoms with Gasteiger partial charge in [-0.25, -0.2) is 13.8 Å². The van der Waals surface area contributed by atoms with Crippen LogP contribution in [-0.4, -0.2) is 16.1 Å². The number of ketones is 1. The second-order valence-electron chi connectivity index (χ2n) is 6.03. The molecule has 1 N–H and O–H groups in total. The van der Waals surface area contributed by atoms with Gasteiger partial charge in [-0.15, -0.1) is 0 Å². The lowest BCUT2D eigenvalue weighted by Gasteiger charge is -2.09. The molecule has 0 radical (unpaired) electrons. The van der Waals surface area contributed by atoms with Gasteiger partial charge in [0.2, 0.25) is 0 Å². The van der Waals surface area contributed by atoms with E-state index in [9.17, 15) is 26.7 Å². The SMILES string of the molecule is C=C(Nc1nc(C(=O)CBr)c(-c2cccc(C(F)(F)F)c2)s1)c1c(F)cccc1F. The van der Waals surface area contributed by atoms with Crippen molar-refractivity contribution in [3.05, 3.63) is 77.5 Å². The fourth-order valence-corrected chi connectivity index (χ4v) is 3.91. The molecule has 0 aliphatic carbocycles. The average molecular weight is 503 g/mol. The summed E-state index contributed by atoms with van der Waals surface area (Å²) in [7, 11) is 0. The highest BCUT2D eigenvalue weighted by Gasteiger charge is 2.31. The molecule has 0 fully saturated rings. The Bertz CT molecular complexity index is 1110. The maximum Gasteiger partial charge on any atom is 0.416 e. The highest BCUT2D eigenvalue weighted by molar-refractivity contribution is 9.09. The molecule has 0 bridgehead atoms. The van der Waals surface area contributed by atoms with Gasteiger partial charge in [-0.1, -0.05) is 52.0 Å². The zero-order chi connectivity index (χ0) is 22.1. The monoisotopic (exact) mass is 502 g/mol. The summed E-state index contributed by atoms with van der Waals surface area (Å²) in [6, 6.07) is 7.78. The van der Waals surface area contributed by atoms with Crippen molar-refractivity contribution in [2.75, 3.05) is 10.6 Å². The number of aromatic nitrogens is 1. The topological polar surface area (TPSA) is 42.0 Å². The molecule has 1 aromatic heterocycles. The van der Waals surface area contributed by atoms with Crippen molar-refractivity contribution in [2.24, 2.45) is 0 Å². The van der Waals surface area contributed by atoms with Crippen LogP contribution in [0.1, 0.15) is 21.6 Å². The van der Waals surface area contributed by atoms with E-state index >= 15 is 0 Å². The summed E-state index contributed by atoms with van der Waals surface area (Å²) in [6.45, 7) is 3.60. The van der Waals surface area contributed by atoms with Gasteiger partial charge in [-0.3, -0.25) is 4.79 Å². The summed E-state index contributed by atoms with van der Waals surface area (Å²) in [5.41, 5.74) is -1.35. The number of alkyl halides is 4. The van der Waals surface area contributed by atoms with Gasteiger partial charge >= 0.3 is 6.18 Å². The number of nitrogens with one attached hydrogen (secondary N) is 1. The van der Waals surface area contributed by atoms with Gasteiger partial charge in [0.15, 0.2) is 10.9 Å². The number of Topliss-reactive ketones (excluding diaryl/α,β-unsaturated/α-hetero) is 1. The predicted octanol–water partition coefficient (Wildman–Crippen LogP) is 6.77. The quantitative estimate of drug-likeness (QED) is 0.230. The molecule has 0 saturated carbocycles. The Morgan fingerprint density at radius 3 is 2.37 bits per heavy atom. The minimum absolute atomic E-state index is 0.0550. The first-order chi connectivity index (χ1) is 14.1. The minimum Gasteiger partial charge on any atom is -0.331 e. The van der Waals surface area contributed by atoms with E-state index in [0.717, 1.165) is 35.6 Å². The van der Waals surface area contributed by atoms with Crippen LogP contribution in [0.4, 0.5) is 27.1 Å². The lowest BCUT2D eigenvalue weighted by Crippen LogP contribution is -2.06. The standard InChI is InChI=1S/C20H12BrF5N2OS/c1-10(16-13(22)6-3-7-14(16)23)27-19-28-17(15(29)9-21)18(30-19)11-4-2-5-12(8-11)20(24,25)26/h2-8H,1,9H2,(H,27,28). The van der Waals surface area contributed by atoms with E-state index in [-0.39, 0.29) is 32.3 Å². The summed E-state index contributed by atoms with van der Waals surface area (Å²) in [5.74, 6) is -2.16. The van der Waals surface area contributed by atoms with E-state index in [1.807, 2.05) is 0 Å². The highest BCUT2D eigenvalue weighted by atomic mass is 79.9. The average Bonchev–Trinajstić information content (AvgIpc) is 3.10. The molecule has 0 saturated heterocycles. The molecule has 0 spiro atoms. The van der Waals surface area contributed by atoms with Gasteiger partial charge in [-0.2, -0.15) is 13.2 Å². The van der Waals surface area contributed by atoms with Crippen molar-refractivity contribution < 1.29 is 26.7 Å². The van der Waals surface area contributed by atoms with Crippen molar-refractivity contribution in [3.63, 3.8) is 0 Å². The molecule has 0 aliphatic heterocycles. The number of rotatable bonds is 6. The first kappa shape index (κ1) is 22.1. The van der Waals surface area contributed by atoms with Crippen LogP contribution in [0.3, 0.4) is 0 Å². The second-order valence-corrected chi connectivity index (χ2v) is 7.59. The number of thiazole rings is 1. The predicted molar refractivity (Wildman–Crippen MR) is 110 cm³/mol. The molecule has 0 atom stereocenters. The molecule has 3 rings (SSSR count). The largest absolute Gasteiger partial charge is 0.416 e. The number of carbonyl (C=O) groups is 1. The molecular formula is C20H12BrF5N2OS. The summed E-state index contributed by atoms with van der Waals surface area (Å²) < 4.78 is 67.1. The normalized spacial score (nSPS) is 11.4. The van der Waals surface area contributed by atoms with E-state index in [2.05, 4.69) is 32.8 Å². The van der Waals surface area contributed by atoms with Crippen molar-refractivity contribution in [2.45, 2.75) is 6.18 Å². The maximum absolute atomic E-state index is 14.0. The Labute approximate surface area is 180 Å². The molecule has 0 aliphatic rings. The summed E-state index contributed by atoms with van der Waals surface area (Å²) in [6.07, 6.45) is -4.56. The van der Waals surface area contributed by atoms with Crippen molar-refractivity contribution in [1.82, 2.24) is 4.98 Å². The third-order valence-electron chi connectivity index (χ3n) is 3.99. The first-order valence-corrected chi connectivity index (χ1v) is 10.2. The van der Waals surface area contributed by atoms with Gasteiger partial charge in [0, 0.05) is 5.70 Å². The molecule has 3 nitrogen and oxygen atoms in total. The van der Waals surface area contributed by atoms with E-state index in [4.69, 9.17) is 0 Å². The maximum atomic E-state index is 14.0. The molecule has 0 unspecified atom stereocenters. The van der Waals surface area contributed by atoms with Gasteiger partial charge in [0.1, 0.15) is 17.3 Å². The molecule has 3 aromatic rings. The fourth-order valence-electron chi connectivity index (χ4n) is 2.64. The van der Waals surface area contributed by atoms with E-state index in [0.29, 0.717) is 0 Å². The van der Waals surface area contributed by atoms with Gasteiger partial charge < -0.3 is 5.32 Å². The van der Waals surface area contributed by atoms with Gasteiger partial charge in [0.05, 0.1) is 21.3 Å². The Morgan fingerprint density at radius 2 is 1.77 bits per heavy atom. The third kappa shape index (κ3) is 4.59. The smallest absolute Gasteiger partial charge is 0.331 e. The number of carbonyl (C=O) groups excluding carboxylic acids is 1. The Hall–Kier alpha value is -2.59. The Morgan fingerprint density at radius 1 is 1.13 bits per heavy atom. The van der Waals surface area contributed by atoms with Crippen LogP contribution in [-0.2, 0) is 6.18 Å². The highest BCUT2D eigenvalue weighted by Crippen LogP contribution is 2.38. The van der Waals surface area contributed by atoms with Crippen LogP contribution in [0.15, 0.2) is 49.0 Å².